The minimum atomic E-state index is -1.15. The number of aryl methyl sites for hydroxylation is 1. The molecule has 222 valence electrons. The highest BCUT2D eigenvalue weighted by atomic mass is 16.6. The molecule has 1 unspecified atom stereocenters. The SMILES string of the molecule is CC(=O)C(=C1C=NC(N)=N1)c1cc(OC(=O)C(Cc2ccccc2)NC(=O)OCc2ccccc2)cc2oc(C)cc(=O)c12. The Balaban J connectivity index is 1.50. The smallest absolute Gasteiger partial charge is 0.408 e. The highest BCUT2D eigenvalue weighted by molar-refractivity contribution is 6.28. The van der Waals surface area contributed by atoms with E-state index in [0.29, 0.717) is 5.76 Å². The number of guanidine groups is 1. The number of hydrogen-bond acceptors (Lipinski definition) is 10. The number of nitrogens with two attached hydrogens (primary N) is 1. The number of carbonyl (C=O) groups excluding carboxylic acids is 3. The number of nitrogens with zero attached hydrogens (tertiary/aromatic N) is 2. The van der Waals surface area contributed by atoms with Crippen molar-refractivity contribution in [2.75, 3.05) is 0 Å². The molecule has 44 heavy (non-hydrogen) atoms. The van der Waals surface area contributed by atoms with Crippen molar-refractivity contribution in [3.05, 3.63) is 117 Å². The Labute approximate surface area is 251 Å². The van der Waals surface area contributed by atoms with Gasteiger partial charge in [0.05, 0.1) is 22.9 Å². The lowest BCUT2D eigenvalue weighted by Crippen LogP contribution is -2.44. The monoisotopic (exact) mass is 592 g/mol. The van der Waals surface area contributed by atoms with Crippen LogP contribution in [-0.4, -0.2) is 36.1 Å². The molecule has 3 N–H and O–H groups in total. The third-order valence-corrected chi connectivity index (χ3v) is 6.65. The van der Waals surface area contributed by atoms with Crippen LogP contribution < -0.4 is 21.2 Å². The second kappa shape index (κ2) is 13.0. The van der Waals surface area contributed by atoms with Crippen LogP contribution in [0.25, 0.3) is 16.5 Å². The molecule has 1 aliphatic rings. The fourth-order valence-corrected chi connectivity index (χ4v) is 4.71. The minimum Gasteiger partial charge on any atom is -0.461 e. The third-order valence-electron chi connectivity index (χ3n) is 6.65. The predicted octanol–water partition coefficient (Wildman–Crippen LogP) is 4.24. The zero-order valence-electron chi connectivity index (χ0n) is 23.9. The largest absolute Gasteiger partial charge is 0.461 e. The van der Waals surface area contributed by atoms with Gasteiger partial charge < -0.3 is 24.9 Å². The number of allylic oxidation sites excluding steroid dienone is 2. The van der Waals surface area contributed by atoms with Gasteiger partial charge in [0.15, 0.2) is 11.2 Å². The number of carbonyl (C=O) groups is 3. The molecular weight excluding hydrogens is 564 g/mol. The number of Topliss-reactive ketones (excluding diaryl/α,β-unsaturated/α-hetero) is 1. The summed E-state index contributed by atoms with van der Waals surface area (Å²) in [7, 11) is 0. The lowest BCUT2D eigenvalue weighted by Gasteiger charge is -2.18. The van der Waals surface area contributed by atoms with E-state index in [9.17, 15) is 19.2 Å². The Hall–Kier alpha value is -5.84. The van der Waals surface area contributed by atoms with Crippen molar-refractivity contribution >= 4 is 46.6 Å². The Morgan fingerprint density at radius 3 is 2.30 bits per heavy atom. The summed E-state index contributed by atoms with van der Waals surface area (Å²) in [6.45, 7) is 2.91. The molecule has 1 amide bonds. The van der Waals surface area contributed by atoms with Crippen LogP contribution in [0.5, 0.6) is 5.75 Å². The number of esters is 1. The summed E-state index contributed by atoms with van der Waals surface area (Å²) in [5.41, 5.74) is 7.22. The molecule has 0 spiro atoms. The van der Waals surface area contributed by atoms with Crippen LogP contribution in [0.15, 0.2) is 104 Å². The van der Waals surface area contributed by atoms with Crippen LogP contribution in [0.4, 0.5) is 4.79 Å². The van der Waals surface area contributed by atoms with Crippen molar-refractivity contribution in [1.29, 1.82) is 0 Å². The third kappa shape index (κ3) is 6.96. The van der Waals surface area contributed by atoms with Gasteiger partial charge in [0.2, 0.25) is 5.96 Å². The normalized spacial score (nSPS) is 14.1. The molecule has 0 bridgehead atoms. The van der Waals surface area contributed by atoms with Gasteiger partial charge in [0.25, 0.3) is 0 Å². The highest BCUT2D eigenvalue weighted by Crippen LogP contribution is 2.32. The first-order valence-electron chi connectivity index (χ1n) is 13.6. The number of aliphatic imine (C=N–C) groups is 2. The van der Waals surface area contributed by atoms with E-state index in [2.05, 4.69) is 15.3 Å². The van der Waals surface area contributed by atoms with Gasteiger partial charge in [0, 0.05) is 24.1 Å². The predicted molar refractivity (Wildman–Crippen MR) is 164 cm³/mol. The first-order chi connectivity index (χ1) is 21.2. The number of nitrogens with one attached hydrogen (secondary N) is 1. The molecule has 1 aromatic heterocycles. The molecule has 11 heteroatoms. The zero-order valence-corrected chi connectivity index (χ0v) is 23.9. The van der Waals surface area contributed by atoms with Crippen molar-refractivity contribution in [3.8, 4) is 5.75 Å². The maximum atomic E-state index is 13.6. The summed E-state index contributed by atoms with van der Waals surface area (Å²) in [5, 5.41) is 2.68. The molecule has 3 aromatic carbocycles. The minimum absolute atomic E-state index is 0.00495. The van der Waals surface area contributed by atoms with Gasteiger partial charge >= 0.3 is 12.1 Å². The molecule has 0 fully saturated rings. The lowest BCUT2D eigenvalue weighted by molar-refractivity contribution is -0.136. The maximum Gasteiger partial charge on any atom is 0.408 e. The summed E-state index contributed by atoms with van der Waals surface area (Å²) >= 11 is 0. The average molecular weight is 593 g/mol. The number of ether oxygens (including phenoxy) is 2. The number of fused-ring (bicyclic) bond motifs is 1. The molecule has 2 heterocycles. The van der Waals surface area contributed by atoms with E-state index >= 15 is 0 Å². The van der Waals surface area contributed by atoms with Gasteiger partial charge in [-0.3, -0.25) is 9.59 Å². The standard InChI is InChI=1S/C33H28N4O7/c1-19-13-27(39)30-24(29(20(2)38)26-17-35-32(34)36-26)15-23(16-28(30)43-19)44-31(40)25(14-21-9-5-3-6-10-21)37-33(41)42-18-22-11-7-4-8-12-22/h3-13,15-17,25H,14,18H2,1-2H3,(H2,34,36)(H,37,41). The van der Waals surface area contributed by atoms with Crippen molar-refractivity contribution in [1.82, 2.24) is 5.32 Å². The molecule has 0 aliphatic carbocycles. The Morgan fingerprint density at radius 1 is 0.977 bits per heavy atom. The number of amides is 1. The topological polar surface area (TPSA) is 163 Å². The van der Waals surface area contributed by atoms with Crippen molar-refractivity contribution in [2.24, 2.45) is 15.7 Å². The van der Waals surface area contributed by atoms with Crippen molar-refractivity contribution in [3.63, 3.8) is 0 Å². The molecule has 11 nitrogen and oxygen atoms in total. The van der Waals surface area contributed by atoms with Gasteiger partial charge in [-0.2, -0.15) is 0 Å². The lowest BCUT2D eigenvalue weighted by atomic mass is 9.96. The second-order valence-corrected chi connectivity index (χ2v) is 9.98. The summed E-state index contributed by atoms with van der Waals surface area (Å²) in [6, 6.07) is 21.1. The molecule has 0 saturated carbocycles. The summed E-state index contributed by atoms with van der Waals surface area (Å²) in [5.74, 6) is -1.02. The molecule has 4 aromatic rings. The van der Waals surface area contributed by atoms with E-state index in [-0.39, 0.29) is 52.5 Å². The van der Waals surface area contributed by atoms with E-state index in [1.165, 1.54) is 31.3 Å². The van der Waals surface area contributed by atoms with Crippen LogP contribution in [-0.2, 0) is 27.4 Å². The molecule has 5 rings (SSSR count). The number of alkyl carbamates (subject to hydrolysis) is 1. The number of hydrogen-bond donors (Lipinski definition) is 2. The van der Waals surface area contributed by atoms with E-state index in [4.69, 9.17) is 19.6 Å². The number of ketones is 1. The van der Waals surface area contributed by atoms with E-state index in [0.717, 1.165) is 11.1 Å². The fourth-order valence-electron chi connectivity index (χ4n) is 4.71. The van der Waals surface area contributed by atoms with Crippen LogP contribution in [0.2, 0.25) is 0 Å². The Bertz CT molecular complexity index is 1890. The number of rotatable bonds is 9. The van der Waals surface area contributed by atoms with E-state index in [1.54, 1.807) is 6.92 Å². The van der Waals surface area contributed by atoms with Crippen molar-refractivity contribution < 1.29 is 28.3 Å². The molecule has 1 atom stereocenters. The highest BCUT2D eigenvalue weighted by Gasteiger charge is 2.27. The molecule has 0 saturated heterocycles. The second-order valence-electron chi connectivity index (χ2n) is 9.98. The maximum absolute atomic E-state index is 13.6. The molecule has 0 radical (unpaired) electrons. The van der Waals surface area contributed by atoms with Crippen LogP contribution in [0, 0.1) is 6.92 Å². The van der Waals surface area contributed by atoms with Crippen LogP contribution in [0.1, 0.15) is 29.4 Å². The first kappa shape index (κ1) is 29.6. The van der Waals surface area contributed by atoms with E-state index in [1.807, 2.05) is 60.7 Å². The zero-order chi connectivity index (χ0) is 31.2. The fraction of sp³-hybridized carbons (Fsp3) is 0.152. The first-order valence-corrected chi connectivity index (χ1v) is 13.6. The van der Waals surface area contributed by atoms with Crippen molar-refractivity contribution in [2.45, 2.75) is 32.9 Å². The van der Waals surface area contributed by atoms with Gasteiger partial charge in [-0.15, -0.1) is 0 Å². The number of benzene rings is 3. The Kier molecular flexibility index (Phi) is 8.75. The average Bonchev–Trinajstić information content (AvgIpc) is 3.41. The Morgan fingerprint density at radius 2 is 1.66 bits per heavy atom. The van der Waals surface area contributed by atoms with Gasteiger partial charge in [-0.05, 0) is 31.0 Å². The van der Waals surface area contributed by atoms with Crippen LogP contribution in [0.3, 0.4) is 0 Å². The summed E-state index contributed by atoms with van der Waals surface area (Å²) in [4.78, 5) is 60.3. The van der Waals surface area contributed by atoms with Crippen LogP contribution >= 0.6 is 0 Å². The summed E-state index contributed by atoms with van der Waals surface area (Å²) < 4.78 is 16.9. The molecule has 1 aliphatic heterocycles. The molecular formula is C33H28N4O7. The van der Waals surface area contributed by atoms with E-state index < -0.39 is 29.3 Å². The summed E-state index contributed by atoms with van der Waals surface area (Å²) in [6.07, 6.45) is 0.599. The van der Waals surface area contributed by atoms with Gasteiger partial charge in [0.1, 0.15) is 29.7 Å². The van der Waals surface area contributed by atoms with Gasteiger partial charge in [-0.1, -0.05) is 60.7 Å². The quantitative estimate of drug-likeness (QED) is 0.166. The van der Waals surface area contributed by atoms with Gasteiger partial charge in [-0.25, -0.2) is 19.6 Å².